The molecule has 34 heavy (non-hydrogen) atoms. The Labute approximate surface area is 206 Å². The fourth-order valence-electron chi connectivity index (χ4n) is 3.40. The van der Waals surface area contributed by atoms with Crippen LogP contribution in [0.4, 0.5) is 5.00 Å². The zero-order valence-corrected chi connectivity index (χ0v) is 20.5. The van der Waals surface area contributed by atoms with Crippen molar-refractivity contribution in [3.05, 3.63) is 83.0 Å². The molecule has 4 rings (SSSR count). The number of thioether (sulfide) groups is 1. The summed E-state index contributed by atoms with van der Waals surface area (Å²) in [6.07, 6.45) is 0. The second kappa shape index (κ2) is 11.1. The first-order valence-corrected chi connectivity index (χ1v) is 12.6. The van der Waals surface area contributed by atoms with E-state index in [1.54, 1.807) is 6.92 Å². The van der Waals surface area contributed by atoms with Crippen LogP contribution in [0.25, 0.3) is 11.1 Å². The third-order valence-corrected chi connectivity index (χ3v) is 6.89. The Hall–Kier alpha value is -3.43. The molecular weight excluding hydrogens is 468 g/mol. The number of aryl methyl sites for hydroxylation is 1. The Bertz CT molecular complexity index is 1270. The summed E-state index contributed by atoms with van der Waals surface area (Å²) in [7, 11) is 0. The number of anilines is 1. The summed E-state index contributed by atoms with van der Waals surface area (Å²) in [4.78, 5) is 25.5. The van der Waals surface area contributed by atoms with Gasteiger partial charge in [-0.15, -0.1) is 21.5 Å². The van der Waals surface area contributed by atoms with E-state index < -0.39 is 5.97 Å². The van der Waals surface area contributed by atoms with Gasteiger partial charge < -0.3 is 14.6 Å². The minimum Gasteiger partial charge on any atom is -0.462 e. The topological polar surface area (TPSA) is 86.1 Å². The van der Waals surface area contributed by atoms with E-state index in [0.29, 0.717) is 22.3 Å². The summed E-state index contributed by atoms with van der Waals surface area (Å²) in [6, 6.07) is 19.6. The first kappa shape index (κ1) is 23.7. The summed E-state index contributed by atoms with van der Waals surface area (Å²) in [5.74, 6) is 0.225. The molecule has 0 aliphatic heterocycles. The zero-order chi connectivity index (χ0) is 23.9. The van der Waals surface area contributed by atoms with Crippen molar-refractivity contribution < 1.29 is 14.3 Å². The predicted octanol–water partition coefficient (Wildman–Crippen LogP) is 5.27. The van der Waals surface area contributed by atoms with Crippen LogP contribution in [0, 0.1) is 6.92 Å². The van der Waals surface area contributed by atoms with Crippen molar-refractivity contribution >= 4 is 40.0 Å². The molecule has 0 unspecified atom stereocenters. The Morgan fingerprint density at radius 3 is 2.47 bits per heavy atom. The monoisotopic (exact) mass is 492 g/mol. The molecule has 2 heterocycles. The van der Waals surface area contributed by atoms with E-state index in [4.69, 9.17) is 4.74 Å². The molecule has 4 aromatic rings. The Balaban J connectivity index is 1.48. The third kappa shape index (κ3) is 5.55. The maximum absolute atomic E-state index is 12.8. The van der Waals surface area contributed by atoms with Gasteiger partial charge in [0.25, 0.3) is 0 Å². The van der Waals surface area contributed by atoms with Crippen LogP contribution in [0.5, 0.6) is 0 Å². The highest BCUT2D eigenvalue weighted by Gasteiger charge is 2.23. The molecule has 9 heteroatoms. The molecule has 7 nitrogen and oxygen atoms in total. The number of carbonyl (C=O) groups is 2. The molecule has 1 amide bonds. The van der Waals surface area contributed by atoms with Crippen LogP contribution in [-0.2, 0) is 16.1 Å². The van der Waals surface area contributed by atoms with Crippen molar-refractivity contribution in [3.63, 3.8) is 0 Å². The molecular formula is C25H24N4O3S2. The zero-order valence-electron chi connectivity index (χ0n) is 18.9. The number of ether oxygens (including phenoxy) is 1. The molecule has 1 N–H and O–H groups in total. The average molecular weight is 493 g/mol. The van der Waals surface area contributed by atoms with Crippen molar-refractivity contribution in [1.29, 1.82) is 0 Å². The van der Waals surface area contributed by atoms with E-state index >= 15 is 0 Å². The van der Waals surface area contributed by atoms with E-state index in [2.05, 4.69) is 15.5 Å². The largest absolute Gasteiger partial charge is 0.462 e. The average Bonchev–Trinajstić information content (AvgIpc) is 3.42. The van der Waals surface area contributed by atoms with E-state index in [0.717, 1.165) is 22.5 Å². The van der Waals surface area contributed by atoms with Gasteiger partial charge in [0, 0.05) is 10.9 Å². The molecule has 0 radical (unpaired) electrons. The van der Waals surface area contributed by atoms with Crippen LogP contribution >= 0.6 is 23.1 Å². The molecule has 174 valence electrons. The van der Waals surface area contributed by atoms with E-state index in [9.17, 15) is 9.59 Å². The highest BCUT2D eigenvalue weighted by molar-refractivity contribution is 7.99. The van der Waals surface area contributed by atoms with Crippen LogP contribution in [0.3, 0.4) is 0 Å². The predicted molar refractivity (Wildman–Crippen MR) is 135 cm³/mol. The quantitative estimate of drug-likeness (QED) is 0.253. The van der Waals surface area contributed by atoms with Gasteiger partial charge in [-0.2, -0.15) is 0 Å². The highest BCUT2D eigenvalue weighted by Crippen LogP contribution is 2.36. The van der Waals surface area contributed by atoms with Gasteiger partial charge >= 0.3 is 5.97 Å². The van der Waals surface area contributed by atoms with Gasteiger partial charge in [0.05, 0.1) is 18.9 Å². The van der Waals surface area contributed by atoms with Gasteiger partial charge in [0.15, 0.2) is 5.16 Å². The second-order valence-electron chi connectivity index (χ2n) is 7.38. The summed E-state index contributed by atoms with van der Waals surface area (Å²) < 4.78 is 7.25. The van der Waals surface area contributed by atoms with E-state index in [1.807, 2.05) is 77.5 Å². The van der Waals surface area contributed by atoms with Crippen molar-refractivity contribution in [2.24, 2.45) is 0 Å². The molecule has 0 atom stereocenters. The van der Waals surface area contributed by atoms with Crippen molar-refractivity contribution in [2.45, 2.75) is 25.5 Å². The smallest absolute Gasteiger partial charge is 0.341 e. The van der Waals surface area contributed by atoms with Crippen LogP contribution in [0.1, 0.15) is 28.7 Å². The lowest BCUT2D eigenvalue weighted by atomic mass is 10.0. The van der Waals surface area contributed by atoms with Crippen LogP contribution in [0.15, 0.2) is 71.2 Å². The number of hydrogen-bond acceptors (Lipinski definition) is 7. The van der Waals surface area contributed by atoms with Crippen molar-refractivity contribution in [1.82, 2.24) is 14.8 Å². The molecule has 0 fully saturated rings. The van der Waals surface area contributed by atoms with Crippen molar-refractivity contribution in [3.8, 4) is 11.1 Å². The SMILES string of the molecule is CCOC(=O)c1c(-c2ccccc2)csc1NC(=O)CSc1nnc(C)n1Cc1ccccc1. The molecule has 0 aliphatic rings. The Morgan fingerprint density at radius 1 is 1.06 bits per heavy atom. The lowest BCUT2D eigenvalue weighted by Gasteiger charge is -2.10. The number of esters is 1. The van der Waals surface area contributed by atoms with Crippen molar-refractivity contribution in [2.75, 3.05) is 17.7 Å². The van der Waals surface area contributed by atoms with Gasteiger partial charge in [-0.3, -0.25) is 4.79 Å². The van der Waals surface area contributed by atoms with Gasteiger partial charge in [-0.1, -0.05) is 72.4 Å². The van der Waals surface area contributed by atoms with Crippen LogP contribution in [0.2, 0.25) is 0 Å². The minimum absolute atomic E-state index is 0.133. The van der Waals surface area contributed by atoms with E-state index in [1.165, 1.54) is 23.1 Å². The lowest BCUT2D eigenvalue weighted by molar-refractivity contribution is -0.113. The van der Waals surface area contributed by atoms with Crippen LogP contribution in [-0.4, -0.2) is 39.0 Å². The van der Waals surface area contributed by atoms with Gasteiger partial charge in [0.1, 0.15) is 16.4 Å². The molecule has 0 saturated heterocycles. The third-order valence-electron chi connectivity index (χ3n) is 5.03. The fourth-order valence-corrected chi connectivity index (χ4v) is 5.15. The maximum Gasteiger partial charge on any atom is 0.341 e. The minimum atomic E-state index is -0.455. The Morgan fingerprint density at radius 2 is 1.76 bits per heavy atom. The number of carbonyl (C=O) groups excluding carboxylic acids is 2. The molecule has 0 bridgehead atoms. The number of nitrogens with one attached hydrogen (secondary N) is 1. The number of thiophene rings is 1. The number of rotatable bonds is 9. The number of nitrogens with zero attached hydrogens (tertiary/aromatic N) is 3. The number of hydrogen-bond donors (Lipinski definition) is 1. The number of aromatic nitrogens is 3. The molecule has 0 saturated carbocycles. The molecule has 2 aromatic carbocycles. The molecule has 0 spiro atoms. The van der Waals surface area contributed by atoms with Gasteiger partial charge in [0.2, 0.25) is 5.91 Å². The molecule has 2 aromatic heterocycles. The fraction of sp³-hybridized carbons (Fsp3) is 0.200. The summed E-state index contributed by atoms with van der Waals surface area (Å²) in [6.45, 7) is 4.53. The summed E-state index contributed by atoms with van der Waals surface area (Å²) >= 11 is 2.62. The lowest BCUT2D eigenvalue weighted by Crippen LogP contribution is -2.17. The molecule has 0 aliphatic carbocycles. The number of amides is 1. The van der Waals surface area contributed by atoms with Gasteiger partial charge in [-0.05, 0) is 25.0 Å². The first-order valence-electron chi connectivity index (χ1n) is 10.8. The van der Waals surface area contributed by atoms with E-state index in [-0.39, 0.29) is 18.3 Å². The summed E-state index contributed by atoms with van der Waals surface area (Å²) in [5.41, 5.74) is 3.13. The van der Waals surface area contributed by atoms with Crippen LogP contribution < -0.4 is 5.32 Å². The summed E-state index contributed by atoms with van der Waals surface area (Å²) in [5, 5.41) is 14.3. The normalized spacial score (nSPS) is 10.8. The Kier molecular flexibility index (Phi) is 7.76. The van der Waals surface area contributed by atoms with Gasteiger partial charge in [-0.25, -0.2) is 4.79 Å². The standard InChI is InChI=1S/C25H24N4O3S2/c1-3-32-24(31)22-20(19-12-8-5-9-13-19)15-33-23(22)26-21(30)16-34-25-28-27-17(2)29(25)14-18-10-6-4-7-11-18/h4-13,15H,3,14,16H2,1-2H3,(H,26,30). The second-order valence-corrected chi connectivity index (χ2v) is 9.20. The number of benzene rings is 2. The highest BCUT2D eigenvalue weighted by atomic mass is 32.2. The maximum atomic E-state index is 12.8. The first-order chi connectivity index (χ1) is 16.6.